The predicted octanol–water partition coefficient (Wildman–Crippen LogP) is 5.46. The molecule has 0 aliphatic carbocycles. The van der Waals surface area contributed by atoms with Gasteiger partial charge in [0.15, 0.2) is 0 Å². The highest BCUT2D eigenvalue weighted by Crippen LogP contribution is 2.18. The molecule has 5 unspecified atom stereocenters. The topological polar surface area (TPSA) is 281 Å². The zero-order valence-corrected chi connectivity index (χ0v) is 43.3. The van der Waals surface area contributed by atoms with Crippen molar-refractivity contribution in [1.29, 1.82) is 0 Å². The number of nitrogens with two attached hydrogens (primary N) is 6. The van der Waals surface area contributed by atoms with Gasteiger partial charge in [0.05, 0.1) is 44.3 Å². The van der Waals surface area contributed by atoms with Crippen LogP contribution in [0, 0.1) is 11.3 Å². The first-order valence-electron chi connectivity index (χ1n) is 24.1. The summed E-state index contributed by atoms with van der Waals surface area (Å²) in [5, 5.41) is 0. The number of aromatic nitrogens is 14. The lowest BCUT2D eigenvalue weighted by Gasteiger charge is -2.27. The Morgan fingerprint density at radius 1 is 0.464 bits per heavy atom. The summed E-state index contributed by atoms with van der Waals surface area (Å²) >= 11 is 0. The van der Waals surface area contributed by atoms with E-state index in [1.54, 1.807) is 68.8 Å². The maximum Gasteiger partial charge on any atom is 0.0948 e. The molecule has 5 atom stereocenters. The van der Waals surface area contributed by atoms with Crippen molar-refractivity contribution in [2.24, 2.45) is 45.7 Å². The van der Waals surface area contributed by atoms with Gasteiger partial charge in [0, 0.05) is 163 Å². The fraction of sp³-hybridized carbons (Fsp3) is 0.571. The Bertz CT molecular complexity index is 2020. The van der Waals surface area contributed by atoms with Crippen LogP contribution in [0.3, 0.4) is 0 Å². The summed E-state index contributed by atoms with van der Waals surface area (Å²) < 4.78 is 14.1. The van der Waals surface area contributed by atoms with Gasteiger partial charge in [-0.2, -0.15) is 0 Å². The molecule has 0 amide bonds. The molecule has 12 N–H and O–H groups in total. The van der Waals surface area contributed by atoms with Gasteiger partial charge in [-0.05, 0) is 51.5 Å². The molecule has 7 aromatic rings. The Balaban J connectivity index is 0.000000404. The highest BCUT2D eigenvalue weighted by atomic mass is 15.1. The monoisotopic (exact) mass is 959 g/mol. The van der Waals surface area contributed by atoms with Crippen molar-refractivity contribution < 1.29 is 0 Å². The van der Waals surface area contributed by atoms with Crippen molar-refractivity contribution in [2.45, 2.75) is 151 Å². The Morgan fingerprint density at radius 2 is 0.870 bits per heavy atom. The molecule has 0 aliphatic rings. The van der Waals surface area contributed by atoms with E-state index in [4.69, 9.17) is 34.4 Å². The summed E-state index contributed by atoms with van der Waals surface area (Å²) in [6, 6.07) is 1.45. The number of hydrogen-bond donors (Lipinski definition) is 6. The van der Waals surface area contributed by atoms with Crippen molar-refractivity contribution >= 4 is 0 Å². The molecule has 0 radical (unpaired) electrons. The van der Waals surface area contributed by atoms with E-state index < -0.39 is 0 Å². The molecule has 0 fully saturated rings. The number of rotatable bonds is 18. The normalized spacial score (nSPS) is 12.8. The van der Waals surface area contributed by atoms with Crippen LogP contribution in [0.5, 0.6) is 0 Å². The van der Waals surface area contributed by atoms with Crippen LogP contribution in [0.25, 0.3) is 0 Å². The second kappa shape index (κ2) is 37.2. The first kappa shape index (κ1) is 61.2. The zero-order valence-electron chi connectivity index (χ0n) is 43.3. The second-order valence-electron chi connectivity index (χ2n) is 18.3. The van der Waals surface area contributed by atoms with Crippen LogP contribution in [-0.2, 0) is 32.7 Å². The fourth-order valence-electron chi connectivity index (χ4n) is 5.58. The summed E-state index contributed by atoms with van der Waals surface area (Å²) in [5.74, 6) is 0.525. The average Bonchev–Trinajstić information content (AvgIpc) is 4.15. The lowest BCUT2D eigenvalue weighted by molar-refractivity contribution is 0.291. The number of nitrogens with zero attached hydrogens (tertiary/aromatic N) is 14. The van der Waals surface area contributed by atoms with Gasteiger partial charge in [-0.25, -0.2) is 34.9 Å². The van der Waals surface area contributed by atoms with Crippen LogP contribution in [0.1, 0.15) is 100 Å². The van der Waals surface area contributed by atoms with E-state index in [-0.39, 0.29) is 23.5 Å². The van der Waals surface area contributed by atoms with Crippen LogP contribution in [-0.4, -0.2) is 105 Å². The summed E-state index contributed by atoms with van der Waals surface area (Å²) in [4.78, 5) is 27.4. The third kappa shape index (κ3) is 30.4. The minimum Gasteiger partial charge on any atom is -0.337 e. The van der Waals surface area contributed by atoms with Crippen molar-refractivity contribution in [1.82, 2.24) is 66.9 Å². The Labute approximate surface area is 413 Å². The smallest absolute Gasteiger partial charge is 0.0948 e. The van der Waals surface area contributed by atoms with Crippen LogP contribution in [0.15, 0.2) is 131 Å². The first-order valence-corrected chi connectivity index (χ1v) is 24.1. The summed E-state index contributed by atoms with van der Waals surface area (Å²) in [6.45, 7) is 25.7. The SMILES string of the molecule is CC(C)(C)C(N)Cn1ccnc1.CC(C)C(N)Cn1ccnc1.CC(CCN)n1ccnc1.CC(CN)n1ccnc1.CC(N)Cn1ccnc1.CCCCCn1ccnc1.NCCn1ccnc1. The molecular formula is C49H90N20. The minimum absolute atomic E-state index is 0.157. The Morgan fingerprint density at radius 3 is 1.22 bits per heavy atom. The number of unbranched alkanes of at least 4 members (excludes halogenated alkanes) is 2. The molecule has 20 nitrogen and oxygen atoms in total. The van der Waals surface area contributed by atoms with Crippen LogP contribution in [0.2, 0.25) is 0 Å². The van der Waals surface area contributed by atoms with Crippen molar-refractivity contribution in [3.8, 4) is 0 Å². The maximum absolute atomic E-state index is 5.99. The molecule has 0 aliphatic heterocycles. The second-order valence-corrected chi connectivity index (χ2v) is 18.3. The molecule has 0 saturated carbocycles. The van der Waals surface area contributed by atoms with Gasteiger partial charge < -0.3 is 66.4 Å². The van der Waals surface area contributed by atoms with Crippen molar-refractivity contribution in [3.05, 3.63) is 131 Å². The molecule has 69 heavy (non-hydrogen) atoms. The van der Waals surface area contributed by atoms with E-state index >= 15 is 0 Å². The van der Waals surface area contributed by atoms with E-state index in [9.17, 15) is 0 Å². The van der Waals surface area contributed by atoms with Gasteiger partial charge in [-0.3, -0.25) is 0 Å². The maximum atomic E-state index is 5.99. The lowest BCUT2D eigenvalue weighted by Crippen LogP contribution is -2.38. The minimum atomic E-state index is 0.157. The largest absolute Gasteiger partial charge is 0.337 e. The highest BCUT2D eigenvalue weighted by Gasteiger charge is 2.20. The number of hydrogen-bond acceptors (Lipinski definition) is 13. The van der Waals surface area contributed by atoms with Crippen LogP contribution >= 0.6 is 0 Å². The van der Waals surface area contributed by atoms with E-state index in [0.717, 1.165) is 45.7 Å². The van der Waals surface area contributed by atoms with E-state index in [2.05, 4.69) is 99.4 Å². The van der Waals surface area contributed by atoms with Gasteiger partial charge in [0.25, 0.3) is 0 Å². The van der Waals surface area contributed by atoms with Crippen molar-refractivity contribution in [2.75, 3.05) is 19.6 Å². The summed E-state index contributed by atoms with van der Waals surface area (Å²) in [7, 11) is 0. The standard InChI is InChI=1S/C9H17N3.C8H15N3.C8H14N2.C7H13N3.2C6H11N3.C5H9N3/c1-9(2,3)8(10)6-12-5-4-11-7-12;1-7(2)8(9)5-11-4-3-10-6-11;1-2-3-4-6-10-7-5-9-8-10;1-7(2-3-8)10-5-4-9-6-10;1-6(7)4-9-3-2-8-5-9;1-6(4-7)9-3-2-8-5-9;6-1-3-8-4-2-7-5-8/h4-5,7-8H,6,10H2,1-3H3;3-4,6-8H,5,9H2,1-2H3;5,7-8H,2-4,6H2,1H3;4-7H,2-3,8H2,1H3;2*2-3,5-6H,4,7H2,1H3;2,4-5H,1,3,6H2. The molecule has 0 bridgehead atoms. The molecule has 0 spiro atoms. The zero-order chi connectivity index (χ0) is 51.3. The molecule has 0 aromatic carbocycles. The average molecular weight is 959 g/mol. The van der Waals surface area contributed by atoms with Crippen LogP contribution < -0.4 is 34.4 Å². The van der Waals surface area contributed by atoms with Crippen LogP contribution in [0.4, 0.5) is 0 Å². The van der Waals surface area contributed by atoms with Gasteiger partial charge in [0.1, 0.15) is 0 Å². The van der Waals surface area contributed by atoms with Crippen molar-refractivity contribution in [3.63, 3.8) is 0 Å². The van der Waals surface area contributed by atoms with E-state index in [1.165, 1.54) is 19.3 Å². The molecule has 7 rings (SSSR count). The quantitative estimate of drug-likeness (QED) is 0.0584. The van der Waals surface area contributed by atoms with Gasteiger partial charge >= 0.3 is 0 Å². The molecule has 7 heterocycles. The molecule has 386 valence electrons. The third-order valence-electron chi connectivity index (χ3n) is 10.5. The van der Waals surface area contributed by atoms with E-state index in [1.807, 2.05) is 92.0 Å². The molecule has 20 heteroatoms. The summed E-state index contributed by atoms with van der Waals surface area (Å²) in [6.07, 6.45) is 43.4. The number of imidazole rings is 7. The number of aryl methyl sites for hydroxylation is 1. The molecule has 0 saturated heterocycles. The Kier molecular flexibility index (Phi) is 33.0. The lowest BCUT2D eigenvalue weighted by atomic mass is 9.87. The van der Waals surface area contributed by atoms with Gasteiger partial charge in [-0.1, -0.05) is 54.4 Å². The summed E-state index contributed by atoms with van der Waals surface area (Å²) in [5.41, 5.74) is 33.6. The third-order valence-corrected chi connectivity index (χ3v) is 10.5. The van der Waals surface area contributed by atoms with E-state index in [0.29, 0.717) is 31.1 Å². The molecule has 7 aromatic heterocycles. The Hall–Kier alpha value is -5.77. The first-order chi connectivity index (χ1) is 33.0. The molecular weight excluding hydrogens is 869 g/mol. The highest BCUT2D eigenvalue weighted by molar-refractivity contribution is 4.83. The van der Waals surface area contributed by atoms with Gasteiger partial charge in [0.2, 0.25) is 0 Å². The fourth-order valence-corrected chi connectivity index (χ4v) is 5.58. The van der Waals surface area contributed by atoms with Gasteiger partial charge in [-0.15, -0.1) is 0 Å². The predicted molar refractivity (Wildman–Crippen MR) is 280 cm³/mol.